The Morgan fingerprint density at radius 3 is 2.23 bits per heavy atom. The molecule has 0 aliphatic rings. The van der Waals surface area contributed by atoms with Crippen LogP contribution in [0, 0.1) is 0 Å². The minimum Gasteiger partial charge on any atom is -0.726 e. The van der Waals surface area contributed by atoms with Crippen molar-refractivity contribution in [3.63, 3.8) is 0 Å². The van der Waals surface area contributed by atoms with Gasteiger partial charge in [-0.15, -0.1) is 0 Å². The second-order valence-corrected chi connectivity index (χ2v) is 3.15. The van der Waals surface area contributed by atoms with Gasteiger partial charge in [0, 0.05) is 6.07 Å². The molecule has 1 heterocycles. The van der Waals surface area contributed by atoms with Crippen LogP contribution in [0.5, 0.6) is 0 Å². The van der Waals surface area contributed by atoms with Crippen molar-refractivity contribution in [2.45, 2.75) is 0 Å². The number of hydrogen-bond donors (Lipinski definition) is 0. The van der Waals surface area contributed by atoms with E-state index in [0.717, 1.165) is 7.11 Å². The molecule has 1 aromatic heterocycles. The van der Waals surface area contributed by atoms with Crippen LogP contribution < -0.4 is 4.57 Å². The van der Waals surface area contributed by atoms with Crippen LogP contribution >= 0.6 is 0 Å². The van der Waals surface area contributed by atoms with Crippen molar-refractivity contribution >= 4 is 10.4 Å². The summed E-state index contributed by atoms with van der Waals surface area (Å²) in [5.41, 5.74) is 0. The van der Waals surface area contributed by atoms with Crippen molar-refractivity contribution in [1.29, 1.82) is 0 Å². The van der Waals surface area contributed by atoms with E-state index in [4.69, 9.17) is 0 Å². The summed E-state index contributed by atoms with van der Waals surface area (Å²) in [6.45, 7) is 0. The molecular weight excluding hydrogens is 196 g/mol. The smallest absolute Gasteiger partial charge is 0.285 e. The van der Waals surface area contributed by atoms with Crippen LogP contribution in [0.4, 0.5) is 0 Å². The van der Waals surface area contributed by atoms with Crippen LogP contribution in [0.1, 0.15) is 0 Å². The fourth-order valence-electron chi connectivity index (χ4n) is 0.406. The maximum atomic E-state index is 9.22. The molecule has 0 spiro atoms. The van der Waals surface area contributed by atoms with Crippen LogP contribution in [0.15, 0.2) is 24.8 Å². The first-order valence-electron chi connectivity index (χ1n) is 3.22. The van der Waals surface area contributed by atoms with E-state index in [0.29, 0.717) is 0 Å². The number of hydrogen-bond acceptors (Lipinski definition) is 5. The summed E-state index contributed by atoms with van der Waals surface area (Å²) in [6.07, 6.45) is 5.44. The third-order valence-corrected chi connectivity index (χ3v) is 1.35. The predicted molar refractivity (Wildman–Crippen MR) is 42.1 cm³/mol. The summed E-state index contributed by atoms with van der Waals surface area (Å²) < 4.78 is 32.9. The van der Waals surface area contributed by atoms with Gasteiger partial charge in [-0.05, 0) is 0 Å². The van der Waals surface area contributed by atoms with Gasteiger partial charge in [0.1, 0.15) is 6.20 Å². The Labute approximate surface area is 76.8 Å². The Morgan fingerprint density at radius 2 is 2.08 bits per heavy atom. The number of aromatic nitrogens is 2. The molecule has 6 nitrogen and oxygen atoms in total. The highest BCUT2D eigenvalue weighted by Crippen LogP contribution is 1.74. The van der Waals surface area contributed by atoms with Crippen LogP contribution in [-0.4, -0.2) is 25.1 Å². The predicted octanol–water partition coefficient (Wildman–Crippen LogP) is -1.00. The first kappa shape index (κ1) is 11.9. The van der Waals surface area contributed by atoms with Crippen molar-refractivity contribution in [1.82, 2.24) is 4.98 Å². The van der Waals surface area contributed by atoms with Crippen molar-refractivity contribution in [2.75, 3.05) is 7.11 Å². The lowest BCUT2D eigenvalue weighted by atomic mass is 10.7. The second kappa shape index (κ2) is 5.57. The molecule has 0 unspecified atom stereocenters. The lowest BCUT2D eigenvalue weighted by molar-refractivity contribution is -0.674. The third kappa shape index (κ3) is 8.86. The fraction of sp³-hybridized carbons (Fsp3) is 0.333. The molecular formula is C6H10N2O4S. The largest absolute Gasteiger partial charge is 0.726 e. The van der Waals surface area contributed by atoms with E-state index in [-0.39, 0.29) is 0 Å². The summed E-state index contributed by atoms with van der Waals surface area (Å²) >= 11 is 0. The summed E-state index contributed by atoms with van der Waals surface area (Å²) in [4.78, 5) is 3.85. The van der Waals surface area contributed by atoms with E-state index in [1.54, 1.807) is 12.5 Å². The molecule has 13 heavy (non-hydrogen) atoms. The molecule has 0 aromatic carbocycles. The lowest BCUT2D eigenvalue weighted by Crippen LogP contribution is -2.26. The summed E-state index contributed by atoms with van der Waals surface area (Å²) in [7, 11) is -1.67. The topological polar surface area (TPSA) is 83.2 Å². The van der Waals surface area contributed by atoms with Crippen LogP contribution in [0.2, 0.25) is 0 Å². The van der Waals surface area contributed by atoms with E-state index in [2.05, 4.69) is 9.17 Å². The van der Waals surface area contributed by atoms with Crippen LogP contribution in [0.3, 0.4) is 0 Å². The molecule has 0 amide bonds. The van der Waals surface area contributed by atoms with Crippen LogP contribution in [-0.2, 0) is 21.6 Å². The van der Waals surface area contributed by atoms with Crippen molar-refractivity contribution < 1.29 is 21.7 Å². The standard InChI is InChI=1S/C5H7N2.CH4O4S/c1-7-4-2-3-6-5-7;1-5-6(2,3)4/h2-5H,1H3;1H3,(H,2,3,4)/q+1;/p-1. The molecule has 0 atom stereocenters. The Hall–Kier alpha value is -1.05. The second-order valence-electron chi connectivity index (χ2n) is 2.00. The quantitative estimate of drug-likeness (QED) is 0.334. The molecule has 0 saturated carbocycles. The van der Waals surface area contributed by atoms with Gasteiger partial charge in [0.05, 0.1) is 20.4 Å². The van der Waals surface area contributed by atoms with E-state index >= 15 is 0 Å². The molecule has 74 valence electrons. The molecule has 0 N–H and O–H groups in total. The van der Waals surface area contributed by atoms with E-state index in [1.807, 2.05) is 23.9 Å². The zero-order valence-corrected chi connectivity index (χ0v) is 8.06. The molecule has 1 aromatic rings. The molecule has 0 radical (unpaired) electrons. The van der Waals surface area contributed by atoms with Crippen molar-refractivity contribution in [3.8, 4) is 0 Å². The number of aryl methyl sites for hydroxylation is 1. The normalized spacial score (nSPS) is 10.1. The van der Waals surface area contributed by atoms with E-state index in [1.165, 1.54) is 0 Å². The molecule has 0 aliphatic heterocycles. The SMILES string of the molecule is COS(=O)(=O)[O-].C[n+]1cccnc1. The Kier molecular flexibility index (Phi) is 5.12. The first-order valence-corrected chi connectivity index (χ1v) is 4.55. The zero-order chi connectivity index (χ0) is 10.3. The molecule has 1 rings (SSSR count). The summed E-state index contributed by atoms with van der Waals surface area (Å²) in [6, 6.07) is 1.89. The zero-order valence-electron chi connectivity index (χ0n) is 7.25. The average molecular weight is 206 g/mol. The highest BCUT2D eigenvalue weighted by atomic mass is 32.3. The van der Waals surface area contributed by atoms with Gasteiger partial charge in [-0.1, -0.05) is 4.98 Å². The minimum absolute atomic E-state index is 0.808. The van der Waals surface area contributed by atoms with Gasteiger partial charge < -0.3 is 4.55 Å². The van der Waals surface area contributed by atoms with Crippen LogP contribution in [0.25, 0.3) is 0 Å². The monoisotopic (exact) mass is 206 g/mol. The lowest BCUT2D eigenvalue weighted by Gasteiger charge is -1.98. The minimum atomic E-state index is -4.41. The van der Waals surface area contributed by atoms with Crippen molar-refractivity contribution in [3.05, 3.63) is 24.8 Å². The summed E-state index contributed by atoms with van der Waals surface area (Å²) in [5, 5.41) is 0. The van der Waals surface area contributed by atoms with Gasteiger partial charge >= 0.3 is 0 Å². The van der Waals surface area contributed by atoms with Gasteiger partial charge in [-0.2, -0.15) is 0 Å². The summed E-state index contributed by atoms with van der Waals surface area (Å²) in [5.74, 6) is 0. The van der Waals surface area contributed by atoms with Crippen molar-refractivity contribution in [2.24, 2.45) is 7.05 Å². The third-order valence-electron chi connectivity index (χ3n) is 0.946. The molecule has 0 aliphatic carbocycles. The molecule has 0 fully saturated rings. The maximum Gasteiger partial charge on any atom is 0.285 e. The van der Waals surface area contributed by atoms with Gasteiger partial charge in [0.25, 0.3) is 6.33 Å². The molecule has 0 saturated heterocycles. The Bertz CT molecular complexity index is 324. The Morgan fingerprint density at radius 1 is 1.54 bits per heavy atom. The van der Waals surface area contributed by atoms with Gasteiger partial charge in [0.15, 0.2) is 0 Å². The fourth-order valence-corrected chi connectivity index (χ4v) is 0.406. The maximum absolute atomic E-state index is 9.22. The first-order chi connectivity index (χ1) is 5.95. The van der Waals surface area contributed by atoms with E-state index < -0.39 is 10.4 Å². The average Bonchev–Trinajstić information content (AvgIpc) is 2.06. The highest BCUT2D eigenvalue weighted by molar-refractivity contribution is 7.80. The van der Waals surface area contributed by atoms with Gasteiger partial charge in [-0.3, -0.25) is 4.18 Å². The van der Waals surface area contributed by atoms with Gasteiger partial charge in [0.2, 0.25) is 10.4 Å². The highest BCUT2D eigenvalue weighted by Gasteiger charge is 1.80. The Balaban J connectivity index is 0.000000226. The number of rotatable bonds is 1. The van der Waals surface area contributed by atoms with E-state index in [9.17, 15) is 13.0 Å². The number of nitrogens with zero attached hydrogens (tertiary/aromatic N) is 2. The van der Waals surface area contributed by atoms with Gasteiger partial charge in [-0.25, -0.2) is 13.0 Å². The molecule has 7 heteroatoms. The molecule has 0 bridgehead atoms.